The summed E-state index contributed by atoms with van der Waals surface area (Å²) in [5.74, 6) is -0.258. The summed E-state index contributed by atoms with van der Waals surface area (Å²) in [6.07, 6.45) is 1.04. The van der Waals surface area contributed by atoms with Crippen LogP contribution >= 0.6 is 15.9 Å². The Bertz CT molecular complexity index is 1040. The Morgan fingerprint density at radius 3 is 2.42 bits per heavy atom. The number of amides is 2. The van der Waals surface area contributed by atoms with E-state index in [0.29, 0.717) is 15.9 Å². The van der Waals surface area contributed by atoms with Gasteiger partial charge in [0.25, 0.3) is 0 Å². The summed E-state index contributed by atoms with van der Waals surface area (Å²) in [6.45, 7) is 1.26. The highest BCUT2D eigenvalue weighted by Gasteiger charge is 2.30. The summed E-state index contributed by atoms with van der Waals surface area (Å²) in [5.41, 5.74) is 1.09. The Morgan fingerprint density at radius 2 is 1.84 bits per heavy atom. The smallest absolute Gasteiger partial charge is 0.244 e. The van der Waals surface area contributed by atoms with Crippen molar-refractivity contribution in [3.05, 3.63) is 58.6 Å². The van der Waals surface area contributed by atoms with E-state index in [9.17, 15) is 18.0 Å². The van der Waals surface area contributed by atoms with Crippen molar-refractivity contribution in [2.45, 2.75) is 19.5 Å². The maximum atomic E-state index is 13.3. The lowest BCUT2D eigenvalue weighted by molar-refractivity contribution is -0.139. The van der Waals surface area contributed by atoms with Crippen molar-refractivity contribution in [1.82, 2.24) is 10.2 Å². The molecule has 0 aliphatic rings. The predicted molar refractivity (Wildman–Crippen MR) is 123 cm³/mol. The van der Waals surface area contributed by atoms with Gasteiger partial charge in [0, 0.05) is 18.1 Å². The van der Waals surface area contributed by atoms with Crippen molar-refractivity contribution in [2.24, 2.45) is 0 Å². The van der Waals surface area contributed by atoms with Crippen LogP contribution in [0, 0.1) is 0 Å². The molecule has 8 nitrogen and oxygen atoms in total. The van der Waals surface area contributed by atoms with E-state index in [-0.39, 0.29) is 12.5 Å². The summed E-state index contributed by atoms with van der Waals surface area (Å²) < 4.78 is 31.8. The Labute approximate surface area is 191 Å². The first kappa shape index (κ1) is 24.7. The van der Waals surface area contributed by atoms with Crippen LogP contribution in [-0.2, 0) is 26.2 Å². The number of sulfonamides is 1. The SMILES string of the molecule is CNC(=O)[C@H](C)N(Cc1cccc(OC)c1)C(=O)CN(c1ccccc1Br)S(C)(=O)=O. The van der Waals surface area contributed by atoms with Crippen molar-refractivity contribution in [3.8, 4) is 5.75 Å². The fraction of sp³-hybridized carbons (Fsp3) is 0.333. The van der Waals surface area contributed by atoms with E-state index in [1.807, 2.05) is 6.07 Å². The number of carbonyl (C=O) groups is 2. The molecule has 0 radical (unpaired) electrons. The normalized spacial score (nSPS) is 12.0. The van der Waals surface area contributed by atoms with Crippen LogP contribution in [0.3, 0.4) is 0 Å². The van der Waals surface area contributed by atoms with Gasteiger partial charge in [-0.05, 0) is 52.7 Å². The van der Waals surface area contributed by atoms with Gasteiger partial charge >= 0.3 is 0 Å². The first-order valence-corrected chi connectivity index (χ1v) is 12.1. The predicted octanol–water partition coefficient (Wildman–Crippen LogP) is 2.39. The molecule has 0 heterocycles. The minimum Gasteiger partial charge on any atom is -0.497 e. The second-order valence-corrected chi connectivity index (χ2v) is 9.65. The summed E-state index contributed by atoms with van der Waals surface area (Å²) in [4.78, 5) is 27.0. The number of halogens is 1. The number of nitrogens with zero attached hydrogens (tertiary/aromatic N) is 2. The van der Waals surface area contributed by atoms with Gasteiger partial charge in [-0.3, -0.25) is 13.9 Å². The molecule has 0 fully saturated rings. The van der Waals surface area contributed by atoms with Gasteiger partial charge in [0.1, 0.15) is 18.3 Å². The van der Waals surface area contributed by atoms with E-state index >= 15 is 0 Å². The average molecular weight is 512 g/mol. The van der Waals surface area contributed by atoms with Gasteiger partial charge in [0.2, 0.25) is 21.8 Å². The third kappa shape index (κ3) is 6.44. The minimum absolute atomic E-state index is 0.109. The number of benzene rings is 2. The van der Waals surface area contributed by atoms with Gasteiger partial charge in [0.15, 0.2) is 0 Å². The monoisotopic (exact) mass is 511 g/mol. The molecule has 1 N–H and O–H groups in total. The molecule has 0 saturated heterocycles. The molecular formula is C21H26BrN3O5S. The Balaban J connectivity index is 2.40. The summed E-state index contributed by atoms with van der Waals surface area (Å²) in [7, 11) is -0.747. The van der Waals surface area contributed by atoms with E-state index in [2.05, 4.69) is 21.2 Å². The van der Waals surface area contributed by atoms with Crippen LogP contribution in [0.2, 0.25) is 0 Å². The number of carbonyl (C=O) groups excluding carboxylic acids is 2. The number of methoxy groups -OCH3 is 1. The van der Waals surface area contributed by atoms with Gasteiger partial charge in [-0.15, -0.1) is 0 Å². The highest BCUT2D eigenvalue weighted by atomic mass is 79.9. The van der Waals surface area contributed by atoms with Crippen LogP contribution in [0.25, 0.3) is 0 Å². The number of hydrogen-bond acceptors (Lipinski definition) is 5. The number of likely N-dealkylation sites (N-methyl/N-ethyl adjacent to an activating group) is 1. The fourth-order valence-corrected chi connectivity index (χ4v) is 4.49. The Kier molecular flexibility index (Phi) is 8.46. The van der Waals surface area contributed by atoms with E-state index in [1.165, 1.54) is 19.1 Å². The average Bonchev–Trinajstić information content (AvgIpc) is 2.74. The van der Waals surface area contributed by atoms with Gasteiger partial charge < -0.3 is 15.0 Å². The van der Waals surface area contributed by atoms with Gasteiger partial charge in [-0.1, -0.05) is 24.3 Å². The zero-order valence-electron chi connectivity index (χ0n) is 17.8. The quantitative estimate of drug-likeness (QED) is 0.557. The molecule has 0 aliphatic heterocycles. The second kappa shape index (κ2) is 10.6. The van der Waals surface area contributed by atoms with Crippen LogP contribution < -0.4 is 14.4 Å². The first-order valence-electron chi connectivity index (χ1n) is 9.44. The van der Waals surface area contributed by atoms with E-state index in [4.69, 9.17) is 4.74 Å². The lowest BCUT2D eigenvalue weighted by Crippen LogP contribution is -2.50. The van der Waals surface area contributed by atoms with Crippen LogP contribution in [0.1, 0.15) is 12.5 Å². The molecule has 31 heavy (non-hydrogen) atoms. The second-order valence-electron chi connectivity index (χ2n) is 6.88. The van der Waals surface area contributed by atoms with Crippen molar-refractivity contribution in [1.29, 1.82) is 0 Å². The fourth-order valence-electron chi connectivity index (χ4n) is 3.01. The molecule has 1 atom stereocenters. The highest BCUT2D eigenvalue weighted by Crippen LogP contribution is 2.28. The third-order valence-electron chi connectivity index (χ3n) is 4.70. The molecule has 0 bridgehead atoms. The zero-order chi connectivity index (χ0) is 23.2. The van der Waals surface area contributed by atoms with Crippen molar-refractivity contribution >= 4 is 43.5 Å². The van der Waals surface area contributed by atoms with Crippen LogP contribution in [0.15, 0.2) is 53.0 Å². The van der Waals surface area contributed by atoms with Crippen molar-refractivity contribution in [3.63, 3.8) is 0 Å². The molecule has 0 aliphatic carbocycles. The minimum atomic E-state index is -3.77. The number of ether oxygens (including phenoxy) is 1. The summed E-state index contributed by atoms with van der Waals surface area (Å²) in [6, 6.07) is 13.0. The number of hydrogen-bond donors (Lipinski definition) is 1. The molecule has 10 heteroatoms. The molecule has 2 rings (SSSR count). The summed E-state index contributed by atoms with van der Waals surface area (Å²) in [5, 5.41) is 2.54. The lowest BCUT2D eigenvalue weighted by atomic mass is 10.1. The largest absolute Gasteiger partial charge is 0.497 e. The highest BCUT2D eigenvalue weighted by molar-refractivity contribution is 9.10. The topological polar surface area (TPSA) is 96.0 Å². The molecule has 2 aromatic carbocycles. The zero-order valence-corrected chi connectivity index (χ0v) is 20.2. The lowest BCUT2D eigenvalue weighted by Gasteiger charge is -2.31. The van der Waals surface area contributed by atoms with Gasteiger partial charge in [0.05, 0.1) is 19.1 Å². The Hall–Kier alpha value is -2.59. The van der Waals surface area contributed by atoms with Crippen LogP contribution in [0.4, 0.5) is 5.69 Å². The van der Waals surface area contributed by atoms with Gasteiger partial charge in [-0.25, -0.2) is 8.42 Å². The van der Waals surface area contributed by atoms with Crippen LogP contribution in [0.5, 0.6) is 5.75 Å². The number of rotatable bonds is 9. The standard InChI is InChI=1S/C21H26BrN3O5S/c1-15(21(27)23-2)24(13-16-8-7-9-17(12-16)30-3)20(26)14-25(31(4,28)29)19-11-6-5-10-18(19)22/h5-12,15H,13-14H2,1-4H3,(H,23,27)/t15-/m0/s1. The van der Waals surface area contributed by atoms with E-state index in [1.54, 1.807) is 49.4 Å². The van der Waals surface area contributed by atoms with E-state index in [0.717, 1.165) is 16.1 Å². The molecule has 0 unspecified atom stereocenters. The number of para-hydroxylation sites is 1. The molecule has 2 aromatic rings. The molecule has 0 aromatic heterocycles. The molecule has 0 saturated carbocycles. The first-order chi connectivity index (χ1) is 14.6. The third-order valence-corrected chi connectivity index (χ3v) is 6.50. The molecular weight excluding hydrogens is 486 g/mol. The van der Waals surface area contributed by atoms with Crippen LogP contribution in [-0.4, -0.2) is 58.1 Å². The van der Waals surface area contributed by atoms with Crippen molar-refractivity contribution in [2.75, 3.05) is 31.3 Å². The Morgan fingerprint density at radius 1 is 1.16 bits per heavy atom. The number of nitrogens with one attached hydrogen (secondary N) is 1. The molecule has 168 valence electrons. The maximum absolute atomic E-state index is 13.3. The van der Waals surface area contributed by atoms with Crippen molar-refractivity contribution < 1.29 is 22.7 Å². The maximum Gasteiger partial charge on any atom is 0.244 e. The van der Waals surface area contributed by atoms with E-state index < -0.39 is 28.5 Å². The van der Waals surface area contributed by atoms with Gasteiger partial charge in [-0.2, -0.15) is 0 Å². The molecule has 2 amide bonds. The summed E-state index contributed by atoms with van der Waals surface area (Å²) >= 11 is 3.34. The number of anilines is 1. The molecule has 0 spiro atoms.